The van der Waals surface area contributed by atoms with Gasteiger partial charge in [0.2, 0.25) is 0 Å². The quantitative estimate of drug-likeness (QED) is 0.516. The standard InChI is InChI=1S/C22H32N2O6/c1-21(2,3)30-20(27)24-14-13-22(16-24,12-11-18(25)28-5)23(4)19(26)29-15-17-9-7-6-8-10-17/h6-10H,11-16H2,1-5H3. The molecule has 0 N–H and O–H groups in total. The van der Waals surface area contributed by atoms with Gasteiger partial charge in [-0.15, -0.1) is 0 Å². The van der Waals surface area contributed by atoms with Gasteiger partial charge in [0.15, 0.2) is 0 Å². The summed E-state index contributed by atoms with van der Waals surface area (Å²) in [5.74, 6) is -0.365. The first-order chi connectivity index (χ1) is 14.1. The molecule has 0 spiro atoms. The average Bonchev–Trinajstić information content (AvgIpc) is 3.15. The van der Waals surface area contributed by atoms with Gasteiger partial charge < -0.3 is 24.0 Å². The number of amides is 2. The summed E-state index contributed by atoms with van der Waals surface area (Å²) in [7, 11) is 2.97. The van der Waals surface area contributed by atoms with E-state index in [4.69, 9.17) is 14.2 Å². The van der Waals surface area contributed by atoms with E-state index in [1.807, 2.05) is 30.3 Å². The lowest BCUT2D eigenvalue weighted by Gasteiger charge is -2.38. The number of benzene rings is 1. The van der Waals surface area contributed by atoms with Gasteiger partial charge in [0.05, 0.1) is 12.6 Å². The summed E-state index contributed by atoms with van der Waals surface area (Å²) in [5.41, 5.74) is -0.474. The number of esters is 1. The first kappa shape index (κ1) is 23.5. The normalized spacial score (nSPS) is 18.6. The Labute approximate surface area is 178 Å². The number of rotatable bonds is 6. The van der Waals surface area contributed by atoms with Gasteiger partial charge in [0.25, 0.3) is 0 Å². The number of methoxy groups -OCH3 is 1. The third kappa shape index (κ3) is 6.37. The summed E-state index contributed by atoms with van der Waals surface area (Å²) in [6, 6.07) is 9.39. The van der Waals surface area contributed by atoms with Gasteiger partial charge in [0, 0.05) is 26.6 Å². The molecule has 1 aromatic carbocycles. The van der Waals surface area contributed by atoms with Crippen LogP contribution >= 0.6 is 0 Å². The smallest absolute Gasteiger partial charge is 0.410 e. The zero-order chi connectivity index (χ0) is 22.4. The predicted molar refractivity (Wildman–Crippen MR) is 111 cm³/mol. The van der Waals surface area contributed by atoms with Crippen LogP contribution in [0.25, 0.3) is 0 Å². The van der Waals surface area contributed by atoms with Crippen molar-refractivity contribution in [2.75, 3.05) is 27.2 Å². The number of hydrogen-bond donors (Lipinski definition) is 0. The summed E-state index contributed by atoms with van der Waals surface area (Å²) >= 11 is 0. The van der Waals surface area contributed by atoms with Gasteiger partial charge in [-0.25, -0.2) is 9.59 Å². The van der Waals surface area contributed by atoms with Crippen LogP contribution in [0.2, 0.25) is 0 Å². The molecule has 0 radical (unpaired) electrons. The van der Waals surface area contributed by atoms with Crippen LogP contribution in [-0.2, 0) is 25.6 Å². The monoisotopic (exact) mass is 420 g/mol. The van der Waals surface area contributed by atoms with E-state index >= 15 is 0 Å². The van der Waals surface area contributed by atoms with Crippen LogP contribution in [0.1, 0.15) is 45.6 Å². The van der Waals surface area contributed by atoms with Crippen LogP contribution < -0.4 is 0 Å². The molecule has 1 saturated heterocycles. The molecule has 8 nitrogen and oxygen atoms in total. The molecule has 8 heteroatoms. The molecule has 30 heavy (non-hydrogen) atoms. The second-order valence-corrected chi connectivity index (χ2v) is 8.55. The van der Waals surface area contributed by atoms with Gasteiger partial charge in [-0.05, 0) is 39.2 Å². The molecule has 1 atom stereocenters. The zero-order valence-electron chi connectivity index (χ0n) is 18.5. The van der Waals surface area contributed by atoms with Crippen LogP contribution in [0, 0.1) is 0 Å². The van der Waals surface area contributed by atoms with E-state index in [0.29, 0.717) is 19.4 Å². The molecule has 1 aliphatic rings. The third-order valence-electron chi connectivity index (χ3n) is 5.20. The lowest BCUT2D eigenvalue weighted by atomic mass is 9.91. The molecular weight excluding hydrogens is 388 g/mol. The Kier molecular flexibility index (Phi) is 7.70. The molecule has 1 fully saturated rings. The number of likely N-dealkylation sites (N-methyl/N-ethyl adjacent to an activating group) is 1. The van der Waals surface area contributed by atoms with E-state index in [1.165, 1.54) is 12.0 Å². The molecule has 2 rings (SSSR count). The number of likely N-dealkylation sites (tertiary alicyclic amines) is 1. The highest BCUT2D eigenvalue weighted by atomic mass is 16.6. The molecule has 1 aromatic rings. The van der Waals surface area contributed by atoms with Crippen molar-refractivity contribution >= 4 is 18.2 Å². The molecule has 0 aromatic heterocycles. The SMILES string of the molecule is COC(=O)CCC1(N(C)C(=O)OCc2ccccc2)CCN(C(=O)OC(C)(C)C)C1. The number of ether oxygens (including phenoxy) is 3. The highest BCUT2D eigenvalue weighted by Crippen LogP contribution is 2.33. The van der Waals surface area contributed by atoms with Gasteiger partial charge in [-0.1, -0.05) is 30.3 Å². The van der Waals surface area contributed by atoms with E-state index in [9.17, 15) is 14.4 Å². The number of hydrogen-bond acceptors (Lipinski definition) is 6. The van der Waals surface area contributed by atoms with Crippen molar-refractivity contribution in [3.05, 3.63) is 35.9 Å². The van der Waals surface area contributed by atoms with Crippen molar-refractivity contribution < 1.29 is 28.6 Å². The van der Waals surface area contributed by atoms with Crippen LogP contribution in [-0.4, -0.2) is 66.3 Å². The van der Waals surface area contributed by atoms with Crippen molar-refractivity contribution in [3.8, 4) is 0 Å². The molecule has 0 bridgehead atoms. The summed E-state index contributed by atoms with van der Waals surface area (Å²) in [4.78, 5) is 40.1. The fourth-order valence-corrected chi connectivity index (χ4v) is 3.43. The molecule has 1 heterocycles. The molecular formula is C22H32N2O6. The van der Waals surface area contributed by atoms with Crippen LogP contribution in [0.4, 0.5) is 9.59 Å². The Hall–Kier alpha value is -2.77. The summed E-state index contributed by atoms with van der Waals surface area (Å²) in [6.45, 7) is 6.24. The highest BCUT2D eigenvalue weighted by molar-refractivity contribution is 5.72. The first-order valence-corrected chi connectivity index (χ1v) is 10.1. The number of nitrogens with zero attached hydrogens (tertiary/aromatic N) is 2. The maximum Gasteiger partial charge on any atom is 0.410 e. The minimum atomic E-state index is -0.737. The molecule has 0 saturated carbocycles. The Morgan fingerprint density at radius 3 is 2.43 bits per heavy atom. The Morgan fingerprint density at radius 1 is 1.17 bits per heavy atom. The van der Waals surface area contributed by atoms with Gasteiger partial charge >= 0.3 is 18.2 Å². The Morgan fingerprint density at radius 2 is 1.83 bits per heavy atom. The molecule has 2 amide bonds. The average molecular weight is 421 g/mol. The molecule has 1 unspecified atom stereocenters. The zero-order valence-corrected chi connectivity index (χ0v) is 18.5. The number of carbonyl (C=O) groups is 3. The summed E-state index contributed by atoms with van der Waals surface area (Å²) < 4.78 is 15.7. The lowest BCUT2D eigenvalue weighted by molar-refractivity contribution is -0.141. The summed E-state index contributed by atoms with van der Waals surface area (Å²) in [6.07, 6.45) is 0.0636. The molecule has 1 aliphatic heterocycles. The highest BCUT2D eigenvalue weighted by Gasteiger charge is 2.46. The largest absolute Gasteiger partial charge is 0.469 e. The van der Waals surface area contributed by atoms with Crippen molar-refractivity contribution in [1.29, 1.82) is 0 Å². The van der Waals surface area contributed by atoms with E-state index < -0.39 is 23.3 Å². The first-order valence-electron chi connectivity index (χ1n) is 10.1. The topological polar surface area (TPSA) is 85.4 Å². The second-order valence-electron chi connectivity index (χ2n) is 8.55. The van der Waals surface area contributed by atoms with Crippen LogP contribution in [0.5, 0.6) is 0 Å². The Bertz CT molecular complexity index is 746. The number of carbonyl (C=O) groups excluding carboxylic acids is 3. The van der Waals surface area contributed by atoms with E-state index in [2.05, 4.69) is 0 Å². The third-order valence-corrected chi connectivity index (χ3v) is 5.20. The minimum absolute atomic E-state index is 0.134. The fraction of sp³-hybridized carbons (Fsp3) is 0.591. The van der Waals surface area contributed by atoms with Crippen LogP contribution in [0.3, 0.4) is 0 Å². The Balaban J connectivity index is 2.10. The van der Waals surface area contributed by atoms with E-state index in [-0.39, 0.29) is 25.5 Å². The van der Waals surface area contributed by atoms with Crippen LogP contribution in [0.15, 0.2) is 30.3 Å². The van der Waals surface area contributed by atoms with E-state index in [0.717, 1.165) is 5.56 Å². The fourth-order valence-electron chi connectivity index (χ4n) is 3.43. The van der Waals surface area contributed by atoms with E-state index in [1.54, 1.807) is 32.7 Å². The van der Waals surface area contributed by atoms with Gasteiger partial charge in [-0.3, -0.25) is 4.79 Å². The van der Waals surface area contributed by atoms with Gasteiger partial charge in [-0.2, -0.15) is 0 Å². The lowest BCUT2D eigenvalue weighted by Crippen LogP contribution is -2.52. The molecule has 166 valence electrons. The maximum absolute atomic E-state index is 12.8. The predicted octanol–water partition coefficient (Wildman–Crippen LogP) is 3.59. The van der Waals surface area contributed by atoms with Crippen molar-refractivity contribution in [1.82, 2.24) is 9.80 Å². The second kappa shape index (κ2) is 9.82. The van der Waals surface area contributed by atoms with Crippen molar-refractivity contribution in [3.63, 3.8) is 0 Å². The summed E-state index contributed by atoms with van der Waals surface area (Å²) in [5, 5.41) is 0. The maximum atomic E-state index is 12.8. The minimum Gasteiger partial charge on any atom is -0.469 e. The molecule has 0 aliphatic carbocycles. The van der Waals surface area contributed by atoms with Gasteiger partial charge in [0.1, 0.15) is 12.2 Å². The van der Waals surface area contributed by atoms with Crippen molar-refractivity contribution in [2.45, 2.75) is 57.8 Å². The van der Waals surface area contributed by atoms with Crippen molar-refractivity contribution in [2.24, 2.45) is 0 Å².